The van der Waals surface area contributed by atoms with Gasteiger partial charge in [-0.3, -0.25) is 14.9 Å². The average molecular weight is 308 g/mol. The summed E-state index contributed by atoms with van der Waals surface area (Å²) in [6.07, 6.45) is 3.76. The van der Waals surface area contributed by atoms with Crippen LogP contribution in [-0.2, 0) is 0 Å². The van der Waals surface area contributed by atoms with Crippen molar-refractivity contribution < 1.29 is 9.72 Å². The Labute approximate surface area is 127 Å². The van der Waals surface area contributed by atoms with Crippen LogP contribution in [0.2, 0.25) is 5.02 Å². The maximum Gasteiger partial charge on any atom is 0.271 e. The van der Waals surface area contributed by atoms with Gasteiger partial charge in [-0.1, -0.05) is 24.4 Å². The number of benzene rings is 1. The average Bonchev–Trinajstić information content (AvgIpc) is 2.97. The summed E-state index contributed by atoms with van der Waals surface area (Å²) in [7, 11) is 0. The summed E-state index contributed by atoms with van der Waals surface area (Å²) in [6.45, 7) is -0.0240. The highest BCUT2D eigenvalue weighted by Crippen LogP contribution is 2.27. The summed E-state index contributed by atoms with van der Waals surface area (Å²) < 4.78 is 0. The van der Waals surface area contributed by atoms with E-state index in [1.54, 1.807) is 0 Å². The Morgan fingerprint density at radius 3 is 2.67 bits per heavy atom. The topological polar surface area (TPSA) is 87.2 Å². The van der Waals surface area contributed by atoms with Gasteiger partial charge in [0, 0.05) is 28.8 Å². The first-order chi connectivity index (χ1) is 10.0. The molecule has 0 heterocycles. The molecule has 0 aliphatic heterocycles. The van der Waals surface area contributed by atoms with Crippen molar-refractivity contribution in [3.63, 3.8) is 0 Å². The molecule has 1 saturated carbocycles. The van der Waals surface area contributed by atoms with Crippen molar-refractivity contribution in [1.29, 1.82) is 5.26 Å². The molecule has 21 heavy (non-hydrogen) atoms. The zero-order valence-corrected chi connectivity index (χ0v) is 12.0. The molecule has 1 fully saturated rings. The van der Waals surface area contributed by atoms with Crippen molar-refractivity contribution in [2.45, 2.75) is 31.7 Å². The normalized spacial score (nSPS) is 14.7. The lowest BCUT2D eigenvalue weighted by molar-refractivity contribution is -0.384. The van der Waals surface area contributed by atoms with Gasteiger partial charge in [0.15, 0.2) is 0 Å². The number of nitrogens with zero attached hydrogens (tertiary/aromatic N) is 3. The molecule has 2 rings (SSSR count). The van der Waals surface area contributed by atoms with Crippen molar-refractivity contribution >= 4 is 23.2 Å². The van der Waals surface area contributed by atoms with E-state index in [1.807, 2.05) is 6.07 Å². The summed E-state index contributed by atoms with van der Waals surface area (Å²) in [6, 6.07) is 5.81. The van der Waals surface area contributed by atoms with Crippen LogP contribution in [0.5, 0.6) is 0 Å². The smallest absolute Gasteiger partial charge is 0.271 e. The third kappa shape index (κ3) is 3.50. The number of carbonyl (C=O) groups is 1. The van der Waals surface area contributed by atoms with Gasteiger partial charge >= 0.3 is 0 Å². The van der Waals surface area contributed by atoms with Gasteiger partial charge in [-0.05, 0) is 18.9 Å². The van der Waals surface area contributed by atoms with Gasteiger partial charge in [0.1, 0.15) is 6.54 Å². The number of amides is 1. The Hall–Kier alpha value is -2.13. The minimum Gasteiger partial charge on any atom is -0.322 e. The Kier molecular flexibility index (Phi) is 4.76. The fraction of sp³-hybridized carbons (Fsp3) is 0.429. The molecular formula is C14H14ClN3O3. The minimum atomic E-state index is -0.590. The second-order valence-electron chi connectivity index (χ2n) is 4.98. The van der Waals surface area contributed by atoms with E-state index in [0.29, 0.717) is 0 Å². The minimum absolute atomic E-state index is 0.0233. The molecule has 1 aliphatic rings. The predicted octanol–water partition coefficient (Wildman–Crippen LogP) is 3.16. The molecule has 0 spiro atoms. The summed E-state index contributed by atoms with van der Waals surface area (Å²) >= 11 is 5.84. The van der Waals surface area contributed by atoms with Crippen LogP contribution in [0.25, 0.3) is 0 Å². The van der Waals surface area contributed by atoms with Gasteiger partial charge in [0.05, 0.1) is 11.0 Å². The monoisotopic (exact) mass is 307 g/mol. The van der Waals surface area contributed by atoms with Crippen molar-refractivity contribution in [2.75, 3.05) is 6.54 Å². The van der Waals surface area contributed by atoms with Gasteiger partial charge in [-0.15, -0.1) is 0 Å². The molecule has 110 valence electrons. The Morgan fingerprint density at radius 2 is 2.10 bits per heavy atom. The number of halogens is 1. The van der Waals surface area contributed by atoms with E-state index >= 15 is 0 Å². The fourth-order valence-corrected chi connectivity index (χ4v) is 2.86. The van der Waals surface area contributed by atoms with Crippen LogP contribution in [0.4, 0.5) is 5.69 Å². The van der Waals surface area contributed by atoms with E-state index in [1.165, 1.54) is 23.1 Å². The molecule has 1 aliphatic carbocycles. The second-order valence-corrected chi connectivity index (χ2v) is 5.42. The molecule has 7 heteroatoms. The van der Waals surface area contributed by atoms with Crippen LogP contribution >= 0.6 is 11.6 Å². The molecule has 1 aromatic rings. The lowest BCUT2D eigenvalue weighted by Crippen LogP contribution is -2.39. The molecule has 0 saturated heterocycles. The fourth-order valence-electron chi connectivity index (χ4n) is 2.63. The van der Waals surface area contributed by atoms with Crippen LogP contribution in [0, 0.1) is 21.4 Å². The van der Waals surface area contributed by atoms with E-state index in [-0.39, 0.29) is 34.8 Å². The second kappa shape index (κ2) is 6.55. The Balaban J connectivity index is 2.32. The molecule has 0 bridgehead atoms. The van der Waals surface area contributed by atoms with Crippen LogP contribution < -0.4 is 0 Å². The maximum atomic E-state index is 12.5. The largest absolute Gasteiger partial charge is 0.322 e. The number of non-ortho nitro benzene ring substituents is 1. The third-order valence-corrected chi connectivity index (χ3v) is 3.83. The number of nitriles is 1. The first-order valence-corrected chi connectivity index (χ1v) is 7.03. The summed E-state index contributed by atoms with van der Waals surface area (Å²) in [5.74, 6) is -0.381. The van der Waals surface area contributed by atoms with Gasteiger partial charge in [0.2, 0.25) is 0 Å². The van der Waals surface area contributed by atoms with Gasteiger partial charge in [0.25, 0.3) is 11.6 Å². The summed E-state index contributed by atoms with van der Waals surface area (Å²) in [4.78, 5) is 24.3. The molecule has 0 radical (unpaired) electrons. The Morgan fingerprint density at radius 1 is 1.43 bits per heavy atom. The lowest BCUT2D eigenvalue weighted by atomic mass is 10.1. The lowest BCUT2D eigenvalue weighted by Gasteiger charge is -2.26. The molecule has 0 N–H and O–H groups in total. The van der Waals surface area contributed by atoms with Crippen molar-refractivity contribution in [2.24, 2.45) is 0 Å². The highest BCUT2D eigenvalue weighted by molar-refractivity contribution is 6.31. The standard InChI is InChI=1S/C14H14ClN3O3/c15-11-7-10(8-13(9-11)18(20)21)14(19)17(6-5-16)12-3-1-2-4-12/h7-9,12H,1-4,6H2. The van der Waals surface area contributed by atoms with Gasteiger partial charge in [-0.2, -0.15) is 5.26 Å². The molecule has 0 atom stereocenters. The summed E-state index contributed by atoms with van der Waals surface area (Å²) in [5, 5.41) is 19.9. The highest BCUT2D eigenvalue weighted by atomic mass is 35.5. The zero-order chi connectivity index (χ0) is 15.4. The number of nitro benzene ring substituents is 1. The number of hydrogen-bond donors (Lipinski definition) is 0. The number of nitro groups is 1. The van der Waals surface area contributed by atoms with E-state index < -0.39 is 4.92 Å². The van der Waals surface area contributed by atoms with E-state index in [9.17, 15) is 14.9 Å². The molecule has 0 aromatic heterocycles. The third-order valence-electron chi connectivity index (χ3n) is 3.61. The molecule has 6 nitrogen and oxygen atoms in total. The molecular weight excluding hydrogens is 294 g/mol. The van der Waals surface area contributed by atoms with Crippen molar-refractivity contribution in [1.82, 2.24) is 4.90 Å². The molecule has 1 amide bonds. The first-order valence-electron chi connectivity index (χ1n) is 6.66. The number of hydrogen-bond acceptors (Lipinski definition) is 4. The number of carbonyl (C=O) groups excluding carboxylic acids is 1. The van der Waals surface area contributed by atoms with E-state index in [2.05, 4.69) is 0 Å². The quantitative estimate of drug-likeness (QED) is 0.485. The van der Waals surface area contributed by atoms with Crippen LogP contribution in [0.3, 0.4) is 0 Å². The van der Waals surface area contributed by atoms with Crippen LogP contribution in [-0.4, -0.2) is 28.3 Å². The SMILES string of the molecule is N#CCN(C(=O)c1cc(Cl)cc([N+](=O)[O-])c1)C1CCCC1. The maximum absolute atomic E-state index is 12.5. The van der Waals surface area contributed by atoms with Gasteiger partial charge < -0.3 is 4.90 Å². The van der Waals surface area contributed by atoms with Crippen molar-refractivity contribution in [3.05, 3.63) is 38.9 Å². The van der Waals surface area contributed by atoms with Crippen LogP contribution in [0.1, 0.15) is 36.0 Å². The van der Waals surface area contributed by atoms with Crippen LogP contribution in [0.15, 0.2) is 18.2 Å². The zero-order valence-electron chi connectivity index (χ0n) is 11.3. The number of rotatable bonds is 4. The first kappa shape index (κ1) is 15.3. The van der Waals surface area contributed by atoms with E-state index in [4.69, 9.17) is 16.9 Å². The molecule has 1 aromatic carbocycles. The van der Waals surface area contributed by atoms with Gasteiger partial charge in [-0.25, -0.2) is 0 Å². The summed E-state index contributed by atoms with van der Waals surface area (Å²) in [5.41, 5.74) is -0.0782. The highest BCUT2D eigenvalue weighted by Gasteiger charge is 2.28. The predicted molar refractivity (Wildman–Crippen MR) is 77.0 cm³/mol. The van der Waals surface area contributed by atoms with E-state index in [0.717, 1.165) is 25.7 Å². The Bertz CT molecular complexity index is 606. The van der Waals surface area contributed by atoms with Crippen molar-refractivity contribution in [3.8, 4) is 6.07 Å². The molecule has 0 unspecified atom stereocenters.